The molecule has 1 saturated carbocycles. The van der Waals surface area contributed by atoms with Crippen molar-refractivity contribution in [1.29, 1.82) is 0 Å². The van der Waals surface area contributed by atoms with Gasteiger partial charge < -0.3 is 5.73 Å². The molecule has 20 heavy (non-hydrogen) atoms. The number of rotatable bonds is 6. The van der Waals surface area contributed by atoms with Crippen LogP contribution in [0.4, 0.5) is 4.39 Å². The average Bonchev–Trinajstić information content (AvgIpc) is 2.38. The van der Waals surface area contributed by atoms with Gasteiger partial charge in [-0.3, -0.25) is 0 Å². The van der Waals surface area contributed by atoms with E-state index in [0.717, 1.165) is 25.3 Å². The van der Waals surface area contributed by atoms with Gasteiger partial charge in [-0.25, -0.2) is 17.5 Å². The first-order chi connectivity index (χ1) is 9.42. The van der Waals surface area contributed by atoms with E-state index in [0.29, 0.717) is 12.1 Å². The summed E-state index contributed by atoms with van der Waals surface area (Å²) in [6.07, 6.45) is 5.12. The van der Waals surface area contributed by atoms with E-state index in [9.17, 15) is 12.8 Å². The first kappa shape index (κ1) is 15.8. The second kappa shape index (κ2) is 6.01. The molecule has 112 valence electrons. The number of hydrogen-bond acceptors (Lipinski definition) is 4. The first-order valence-electron chi connectivity index (χ1n) is 6.46. The Morgan fingerprint density at radius 3 is 2.65 bits per heavy atom. The summed E-state index contributed by atoms with van der Waals surface area (Å²) in [5.41, 5.74) is 5.95. The summed E-state index contributed by atoms with van der Waals surface area (Å²) in [6.45, 7) is 0.432. The van der Waals surface area contributed by atoms with E-state index in [1.807, 2.05) is 6.26 Å². The fraction of sp³-hybridized carbons (Fsp3) is 0.538. The van der Waals surface area contributed by atoms with Crippen molar-refractivity contribution in [2.45, 2.75) is 35.4 Å². The molecule has 0 bridgehead atoms. The second-order valence-electron chi connectivity index (χ2n) is 5.02. The molecule has 1 aliphatic rings. The SMILES string of the molecule is CSC1(CNS(=O)(=O)c2cc(F)ccc2CN)CCC1. The van der Waals surface area contributed by atoms with Crippen LogP contribution in [0.25, 0.3) is 0 Å². The summed E-state index contributed by atoms with van der Waals surface area (Å²) in [4.78, 5) is -0.0597. The lowest BCUT2D eigenvalue weighted by Crippen LogP contribution is -2.45. The van der Waals surface area contributed by atoms with Crippen LogP contribution in [-0.4, -0.2) is 26.0 Å². The fourth-order valence-electron chi connectivity index (χ4n) is 2.28. The predicted octanol–water partition coefficient (Wildman–Crippen LogP) is 1.85. The van der Waals surface area contributed by atoms with E-state index in [-0.39, 0.29) is 16.2 Å². The van der Waals surface area contributed by atoms with E-state index in [4.69, 9.17) is 5.73 Å². The lowest BCUT2D eigenvalue weighted by atomic mass is 9.84. The second-order valence-corrected chi connectivity index (χ2v) is 8.03. The van der Waals surface area contributed by atoms with Crippen LogP contribution < -0.4 is 10.5 Å². The van der Waals surface area contributed by atoms with Gasteiger partial charge in [0.05, 0.1) is 4.90 Å². The number of nitrogens with one attached hydrogen (secondary N) is 1. The number of benzene rings is 1. The minimum atomic E-state index is -3.73. The van der Waals surface area contributed by atoms with Crippen molar-refractivity contribution < 1.29 is 12.8 Å². The van der Waals surface area contributed by atoms with Crippen molar-refractivity contribution in [3.8, 4) is 0 Å². The molecule has 0 unspecified atom stereocenters. The molecule has 1 aromatic carbocycles. The van der Waals surface area contributed by atoms with Crippen molar-refractivity contribution in [1.82, 2.24) is 4.72 Å². The zero-order valence-electron chi connectivity index (χ0n) is 11.4. The largest absolute Gasteiger partial charge is 0.326 e. The zero-order valence-corrected chi connectivity index (χ0v) is 13.0. The summed E-state index contributed by atoms with van der Waals surface area (Å²) in [5.74, 6) is -0.578. The van der Waals surface area contributed by atoms with Crippen LogP contribution in [0.1, 0.15) is 24.8 Å². The van der Waals surface area contributed by atoms with Crippen LogP contribution in [0.3, 0.4) is 0 Å². The molecule has 3 N–H and O–H groups in total. The maximum Gasteiger partial charge on any atom is 0.241 e. The van der Waals surface area contributed by atoms with E-state index in [1.165, 1.54) is 12.1 Å². The highest BCUT2D eigenvalue weighted by Crippen LogP contribution is 2.42. The highest BCUT2D eigenvalue weighted by atomic mass is 32.2. The minimum Gasteiger partial charge on any atom is -0.326 e. The van der Waals surface area contributed by atoms with Gasteiger partial charge in [0.1, 0.15) is 5.82 Å². The number of thioether (sulfide) groups is 1. The summed E-state index contributed by atoms with van der Waals surface area (Å²) < 4.78 is 40.5. The molecule has 0 amide bonds. The maximum atomic E-state index is 13.3. The Morgan fingerprint density at radius 2 is 2.15 bits per heavy atom. The molecule has 1 aromatic rings. The third kappa shape index (κ3) is 3.16. The van der Waals surface area contributed by atoms with Crippen molar-refractivity contribution in [2.75, 3.05) is 12.8 Å². The van der Waals surface area contributed by atoms with Crippen LogP contribution in [0.2, 0.25) is 0 Å². The Labute approximate surface area is 123 Å². The Kier molecular flexibility index (Phi) is 4.73. The third-order valence-electron chi connectivity index (χ3n) is 3.82. The van der Waals surface area contributed by atoms with Crippen LogP contribution in [-0.2, 0) is 16.6 Å². The van der Waals surface area contributed by atoms with Crippen LogP contribution >= 0.6 is 11.8 Å². The fourth-order valence-corrected chi connectivity index (χ4v) is 4.67. The van der Waals surface area contributed by atoms with Gasteiger partial charge in [-0.15, -0.1) is 0 Å². The molecule has 7 heteroatoms. The Bertz CT molecular complexity index is 581. The van der Waals surface area contributed by atoms with E-state index in [2.05, 4.69) is 4.72 Å². The topological polar surface area (TPSA) is 72.2 Å². The van der Waals surface area contributed by atoms with Crippen LogP contribution in [0.15, 0.2) is 23.1 Å². The molecule has 0 radical (unpaired) electrons. The molecule has 0 heterocycles. The Balaban J connectivity index is 2.20. The lowest BCUT2D eigenvalue weighted by Gasteiger charge is -2.40. The summed E-state index contributed by atoms with van der Waals surface area (Å²) in [5, 5.41) is 0. The lowest BCUT2D eigenvalue weighted by molar-refractivity contribution is 0.361. The smallest absolute Gasteiger partial charge is 0.241 e. The van der Waals surface area contributed by atoms with Gasteiger partial charge in [0.25, 0.3) is 0 Å². The molecule has 2 rings (SSSR count). The third-order valence-corrected chi connectivity index (χ3v) is 6.72. The monoisotopic (exact) mass is 318 g/mol. The quantitative estimate of drug-likeness (QED) is 0.839. The number of nitrogens with two attached hydrogens (primary N) is 1. The zero-order chi connectivity index (χ0) is 14.8. The predicted molar refractivity (Wildman–Crippen MR) is 79.6 cm³/mol. The van der Waals surface area contributed by atoms with Gasteiger partial charge in [0, 0.05) is 17.8 Å². The van der Waals surface area contributed by atoms with Crippen molar-refractivity contribution in [2.24, 2.45) is 5.73 Å². The van der Waals surface area contributed by atoms with Gasteiger partial charge in [0.15, 0.2) is 0 Å². The molecule has 0 aliphatic heterocycles. The van der Waals surface area contributed by atoms with Gasteiger partial charge >= 0.3 is 0 Å². The van der Waals surface area contributed by atoms with Crippen LogP contribution in [0, 0.1) is 5.82 Å². The molecular formula is C13H19FN2O2S2. The van der Waals surface area contributed by atoms with E-state index < -0.39 is 15.8 Å². The van der Waals surface area contributed by atoms with E-state index in [1.54, 1.807) is 11.8 Å². The maximum absolute atomic E-state index is 13.3. The average molecular weight is 318 g/mol. The molecular weight excluding hydrogens is 299 g/mol. The summed E-state index contributed by atoms with van der Waals surface area (Å²) >= 11 is 1.68. The van der Waals surface area contributed by atoms with Crippen molar-refractivity contribution in [3.05, 3.63) is 29.6 Å². The van der Waals surface area contributed by atoms with Gasteiger partial charge in [-0.1, -0.05) is 12.5 Å². The molecule has 1 fully saturated rings. The van der Waals surface area contributed by atoms with Gasteiger partial charge in [0.2, 0.25) is 10.0 Å². The van der Waals surface area contributed by atoms with Crippen molar-refractivity contribution in [3.63, 3.8) is 0 Å². The van der Waals surface area contributed by atoms with Gasteiger partial charge in [-0.05, 0) is 36.8 Å². The van der Waals surface area contributed by atoms with Crippen LogP contribution in [0.5, 0.6) is 0 Å². The standard InChI is InChI=1S/C13H19FN2O2S2/c1-19-13(5-2-6-13)9-16-20(17,18)12-7-11(14)4-3-10(12)8-15/h3-4,7,16H,2,5-6,8-9,15H2,1H3. The van der Waals surface area contributed by atoms with Gasteiger partial charge in [-0.2, -0.15) is 11.8 Å². The highest BCUT2D eigenvalue weighted by molar-refractivity contribution is 8.00. The van der Waals surface area contributed by atoms with Crippen molar-refractivity contribution >= 4 is 21.8 Å². The molecule has 4 nitrogen and oxygen atoms in total. The molecule has 0 aromatic heterocycles. The number of hydrogen-bond donors (Lipinski definition) is 2. The summed E-state index contributed by atoms with van der Waals surface area (Å²) in [6, 6.07) is 3.66. The molecule has 0 atom stereocenters. The summed E-state index contributed by atoms with van der Waals surface area (Å²) in [7, 11) is -3.73. The molecule has 1 aliphatic carbocycles. The highest BCUT2D eigenvalue weighted by Gasteiger charge is 2.37. The first-order valence-corrected chi connectivity index (χ1v) is 9.16. The Hall–Kier alpha value is -0.630. The Morgan fingerprint density at radius 1 is 1.45 bits per heavy atom. The molecule has 0 spiro atoms. The number of sulfonamides is 1. The van der Waals surface area contributed by atoms with E-state index >= 15 is 0 Å². The number of halogens is 1. The molecule has 0 saturated heterocycles. The normalized spacial score (nSPS) is 17.8. The minimum absolute atomic E-state index is 0.0106.